The van der Waals surface area contributed by atoms with Crippen LogP contribution >= 0.6 is 0 Å². The molecule has 1 fully saturated rings. The van der Waals surface area contributed by atoms with Crippen LogP contribution in [-0.2, 0) is 13.6 Å². The van der Waals surface area contributed by atoms with Gasteiger partial charge in [-0.15, -0.1) is 0 Å². The zero-order valence-corrected chi connectivity index (χ0v) is 15.5. The average Bonchev–Trinajstić information content (AvgIpc) is 3.02. The predicted octanol–water partition coefficient (Wildman–Crippen LogP) is 2.96. The Balaban J connectivity index is 1.66. The molecule has 1 aliphatic rings. The smallest absolute Gasteiger partial charge is 0.269 e. The molecule has 1 saturated heterocycles. The number of nitrogens with zero attached hydrogens (tertiary/aromatic N) is 4. The van der Waals surface area contributed by atoms with E-state index >= 15 is 0 Å². The van der Waals surface area contributed by atoms with Crippen molar-refractivity contribution < 1.29 is 4.92 Å². The van der Waals surface area contributed by atoms with Gasteiger partial charge >= 0.3 is 0 Å². The number of nitrogens with one attached hydrogen (secondary N) is 1. The molecule has 26 heavy (non-hydrogen) atoms. The van der Waals surface area contributed by atoms with Crippen molar-refractivity contribution in [3.8, 4) is 11.3 Å². The lowest BCUT2D eigenvalue weighted by Gasteiger charge is -2.35. The van der Waals surface area contributed by atoms with Crippen LogP contribution in [0.4, 0.5) is 5.69 Å². The summed E-state index contributed by atoms with van der Waals surface area (Å²) in [5, 5.41) is 19.0. The van der Waals surface area contributed by atoms with Gasteiger partial charge in [0.15, 0.2) is 0 Å². The molecule has 1 aliphatic heterocycles. The van der Waals surface area contributed by atoms with Crippen molar-refractivity contribution in [2.45, 2.75) is 38.8 Å². The van der Waals surface area contributed by atoms with Gasteiger partial charge in [-0.05, 0) is 38.1 Å². The van der Waals surface area contributed by atoms with Crippen LogP contribution in [0.15, 0.2) is 30.5 Å². The van der Waals surface area contributed by atoms with Gasteiger partial charge in [-0.3, -0.25) is 19.7 Å². The molecule has 0 bridgehead atoms. The van der Waals surface area contributed by atoms with Crippen molar-refractivity contribution >= 4 is 5.69 Å². The highest BCUT2D eigenvalue weighted by atomic mass is 16.6. The van der Waals surface area contributed by atoms with E-state index in [2.05, 4.69) is 22.2 Å². The maximum absolute atomic E-state index is 10.8. The molecule has 3 rings (SSSR count). The molecule has 7 nitrogen and oxygen atoms in total. The zero-order valence-electron chi connectivity index (χ0n) is 15.5. The Hall–Kier alpha value is -2.25. The van der Waals surface area contributed by atoms with E-state index < -0.39 is 0 Å². The van der Waals surface area contributed by atoms with E-state index in [0.717, 1.165) is 36.5 Å². The minimum absolute atomic E-state index is 0.0984. The van der Waals surface area contributed by atoms with E-state index in [4.69, 9.17) is 0 Å². The second kappa shape index (κ2) is 8.42. The second-order valence-electron chi connectivity index (χ2n) is 6.89. The van der Waals surface area contributed by atoms with Gasteiger partial charge in [-0.25, -0.2) is 0 Å². The first kappa shape index (κ1) is 18.5. The van der Waals surface area contributed by atoms with E-state index in [1.807, 2.05) is 13.2 Å². The van der Waals surface area contributed by atoms with Crippen LogP contribution in [0.25, 0.3) is 11.3 Å². The van der Waals surface area contributed by atoms with Crippen molar-refractivity contribution in [3.63, 3.8) is 0 Å². The molecule has 0 spiro atoms. The first-order chi connectivity index (χ1) is 12.6. The number of hydrogen-bond donors (Lipinski definition) is 1. The number of benzene rings is 1. The Morgan fingerprint density at radius 1 is 1.31 bits per heavy atom. The van der Waals surface area contributed by atoms with Crippen LogP contribution in [0.3, 0.4) is 0 Å². The van der Waals surface area contributed by atoms with Crippen molar-refractivity contribution in [2.24, 2.45) is 7.05 Å². The Morgan fingerprint density at radius 3 is 2.77 bits per heavy atom. The number of likely N-dealkylation sites (tertiary alicyclic amines) is 1. The normalized spacial score (nSPS) is 18.2. The van der Waals surface area contributed by atoms with Crippen molar-refractivity contribution in [1.82, 2.24) is 20.0 Å². The minimum Gasteiger partial charge on any atom is -0.311 e. The number of aryl methyl sites for hydroxylation is 1. The Labute approximate surface area is 154 Å². The number of piperidine rings is 1. The molecule has 1 unspecified atom stereocenters. The summed E-state index contributed by atoms with van der Waals surface area (Å²) in [4.78, 5) is 13.0. The van der Waals surface area contributed by atoms with Gasteiger partial charge in [0.25, 0.3) is 5.69 Å². The third-order valence-electron chi connectivity index (χ3n) is 5.11. The van der Waals surface area contributed by atoms with Crippen molar-refractivity contribution in [3.05, 3.63) is 46.1 Å². The Kier molecular flexibility index (Phi) is 6.00. The van der Waals surface area contributed by atoms with Crippen molar-refractivity contribution in [1.29, 1.82) is 0 Å². The molecule has 2 heterocycles. The lowest BCUT2D eigenvalue weighted by molar-refractivity contribution is -0.384. The van der Waals surface area contributed by atoms with Crippen LogP contribution in [-0.4, -0.2) is 45.3 Å². The average molecular weight is 357 g/mol. The van der Waals surface area contributed by atoms with Gasteiger partial charge in [0, 0.05) is 55.6 Å². The van der Waals surface area contributed by atoms with E-state index in [9.17, 15) is 10.1 Å². The summed E-state index contributed by atoms with van der Waals surface area (Å²) in [6, 6.07) is 7.20. The second-order valence-corrected chi connectivity index (χ2v) is 6.89. The van der Waals surface area contributed by atoms with Gasteiger partial charge < -0.3 is 5.32 Å². The molecule has 0 radical (unpaired) electrons. The number of nitro groups is 1. The first-order valence-electron chi connectivity index (χ1n) is 9.30. The standard InChI is InChI=1S/C19H27N5O2/c1-3-23-11-5-4-6-18(23)13-20-12-16-14-22(2)21-19(16)15-7-9-17(10-8-15)24(25)26/h7-10,14,18,20H,3-6,11-13H2,1-2H3. The molecular formula is C19H27N5O2. The number of aromatic nitrogens is 2. The molecule has 7 heteroatoms. The quantitative estimate of drug-likeness (QED) is 0.609. The van der Waals surface area contributed by atoms with Gasteiger partial charge in [0.2, 0.25) is 0 Å². The largest absolute Gasteiger partial charge is 0.311 e. The molecule has 1 N–H and O–H groups in total. The van der Waals surface area contributed by atoms with Gasteiger partial charge in [-0.1, -0.05) is 13.3 Å². The molecule has 0 amide bonds. The summed E-state index contributed by atoms with van der Waals surface area (Å²) in [6.07, 6.45) is 5.88. The van der Waals surface area contributed by atoms with Crippen LogP contribution in [0.1, 0.15) is 31.7 Å². The summed E-state index contributed by atoms with van der Waals surface area (Å²) < 4.78 is 1.80. The fourth-order valence-corrected chi connectivity index (χ4v) is 3.73. The number of nitro benzene ring substituents is 1. The highest BCUT2D eigenvalue weighted by Gasteiger charge is 2.20. The maximum Gasteiger partial charge on any atom is 0.269 e. The van der Waals surface area contributed by atoms with Crippen LogP contribution in [0, 0.1) is 10.1 Å². The zero-order chi connectivity index (χ0) is 18.5. The summed E-state index contributed by atoms with van der Waals surface area (Å²) in [5.74, 6) is 0. The fourth-order valence-electron chi connectivity index (χ4n) is 3.73. The summed E-state index contributed by atoms with van der Waals surface area (Å²) >= 11 is 0. The highest BCUT2D eigenvalue weighted by molar-refractivity contribution is 5.64. The predicted molar refractivity (Wildman–Crippen MR) is 102 cm³/mol. The molecule has 0 saturated carbocycles. The van der Waals surface area contributed by atoms with Crippen LogP contribution in [0.2, 0.25) is 0 Å². The van der Waals surface area contributed by atoms with Gasteiger partial charge in [0.05, 0.1) is 10.6 Å². The molecule has 1 aromatic carbocycles. The number of rotatable bonds is 7. The molecule has 0 aliphatic carbocycles. The number of likely N-dealkylation sites (N-methyl/N-ethyl adjacent to an activating group) is 1. The first-order valence-corrected chi connectivity index (χ1v) is 9.30. The van der Waals surface area contributed by atoms with Gasteiger partial charge in [0.1, 0.15) is 0 Å². The highest BCUT2D eigenvalue weighted by Crippen LogP contribution is 2.24. The van der Waals surface area contributed by atoms with Gasteiger partial charge in [-0.2, -0.15) is 5.10 Å². The van der Waals surface area contributed by atoms with E-state index in [0.29, 0.717) is 6.04 Å². The molecule has 1 atom stereocenters. The maximum atomic E-state index is 10.8. The lowest BCUT2D eigenvalue weighted by atomic mass is 10.0. The Bertz CT molecular complexity index is 741. The monoisotopic (exact) mass is 357 g/mol. The summed E-state index contributed by atoms with van der Waals surface area (Å²) in [7, 11) is 1.90. The lowest BCUT2D eigenvalue weighted by Crippen LogP contribution is -2.45. The summed E-state index contributed by atoms with van der Waals surface area (Å²) in [5.41, 5.74) is 2.99. The van der Waals surface area contributed by atoms with E-state index in [1.54, 1.807) is 16.8 Å². The van der Waals surface area contributed by atoms with Crippen LogP contribution in [0.5, 0.6) is 0 Å². The van der Waals surface area contributed by atoms with Crippen LogP contribution < -0.4 is 5.32 Å². The third-order valence-corrected chi connectivity index (χ3v) is 5.11. The molecular weight excluding hydrogens is 330 g/mol. The molecule has 1 aromatic heterocycles. The minimum atomic E-state index is -0.381. The third kappa shape index (κ3) is 4.28. The Morgan fingerprint density at radius 2 is 2.08 bits per heavy atom. The van der Waals surface area contributed by atoms with E-state index in [-0.39, 0.29) is 10.6 Å². The number of hydrogen-bond acceptors (Lipinski definition) is 5. The molecule has 2 aromatic rings. The fraction of sp³-hybridized carbons (Fsp3) is 0.526. The molecule has 140 valence electrons. The summed E-state index contributed by atoms with van der Waals surface area (Å²) in [6.45, 7) is 6.25. The number of non-ortho nitro benzene ring substituents is 1. The van der Waals surface area contributed by atoms with E-state index in [1.165, 1.54) is 37.9 Å². The van der Waals surface area contributed by atoms with Crippen molar-refractivity contribution in [2.75, 3.05) is 19.6 Å². The SMILES string of the molecule is CCN1CCCCC1CNCc1cn(C)nc1-c1ccc([N+](=O)[O-])cc1. The topological polar surface area (TPSA) is 76.2 Å².